The molecule has 0 aromatic heterocycles. The molecule has 0 radical (unpaired) electrons. The lowest BCUT2D eigenvalue weighted by Gasteiger charge is -2.06. The second-order valence-electron chi connectivity index (χ2n) is 3.86. The first kappa shape index (κ1) is 13.5. The van der Waals surface area contributed by atoms with Crippen LogP contribution in [-0.4, -0.2) is 26.1 Å². The molecule has 1 rings (SSSR count). The molecular weight excluding hydrogens is 216 g/mol. The number of rotatable bonds is 7. The van der Waals surface area contributed by atoms with Crippen LogP contribution in [0.15, 0.2) is 24.3 Å². The fourth-order valence-electron chi connectivity index (χ4n) is 1.45. The van der Waals surface area contributed by atoms with E-state index in [0.29, 0.717) is 0 Å². The summed E-state index contributed by atoms with van der Waals surface area (Å²) in [5.41, 5.74) is 1.23. The topological polar surface area (TPSA) is 50.4 Å². The van der Waals surface area contributed by atoms with Crippen molar-refractivity contribution in [2.75, 3.05) is 20.2 Å². The number of amides is 1. The molecule has 0 bridgehead atoms. The summed E-state index contributed by atoms with van der Waals surface area (Å²) in [7, 11) is 1.66. The maximum atomic E-state index is 10.6. The summed E-state index contributed by atoms with van der Waals surface area (Å²) in [6.45, 7) is 3.99. The van der Waals surface area contributed by atoms with Gasteiger partial charge in [0.05, 0.1) is 7.11 Å². The quantitative estimate of drug-likeness (QED) is 0.702. The van der Waals surface area contributed by atoms with Gasteiger partial charge in [-0.1, -0.05) is 12.1 Å². The summed E-state index contributed by atoms with van der Waals surface area (Å²) in [6.07, 6.45) is 0.940. The Morgan fingerprint density at radius 2 is 1.94 bits per heavy atom. The summed E-state index contributed by atoms with van der Waals surface area (Å²) in [4.78, 5) is 10.6. The second-order valence-corrected chi connectivity index (χ2v) is 3.86. The summed E-state index contributed by atoms with van der Waals surface area (Å²) in [6, 6.07) is 7.99. The van der Waals surface area contributed by atoms with Gasteiger partial charge >= 0.3 is 0 Å². The summed E-state index contributed by atoms with van der Waals surface area (Å²) in [5.74, 6) is 0.902. The zero-order chi connectivity index (χ0) is 12.5. The molecule has 0 aliphatic heterocycles. The van der Waals surface area contributed by atoms with Gasteiger partial charge in [-0.3, -0.25) is 4.79 Å². The number of carbonyl (C=O) groups is 1. The van der Waals surface area contributed by atoms with Gasteiger partial charge in [0.25, 0.3) is 0 Å². The Labute approximate surface area is 102 Å². The molecule has 0 fully saturated rings. The molecule has 0 saturated heterocycles. The third kappa shape index (κ3) is 5.92. The average Bonchev–Trinajstić information content (AvgIpc) is 2.34. The number of hydrogen-bond donors (Lipinski definition) is 2. The highest BCUT2D eigenvalue weighted by molar-refractivity contribution is 5.72. The summed E-state index contributed by atoms with van der Waals surface area (Å²) < 4.78 is 5.09. The van der Waals surface area contributed by atoms with Crippen LogP contribution in [0.3, 0.4) is 0 Å². The Bertz CT molecular complexity index is 336. The van der Waals surface area contributed by atoms with Crippen molar-refractivity contribution in [1.29, 1.82) is 0 Å². The van der Waals surface area contributed by atoms with Crippen LogP contribution in [0.4, 0.5) is 0 Å². The van der Waals surface area contributed by atoms with Gasteiger partial charge in [-0.2, -0.15) is 0 Å². The molecule has 2 N–H and O–H groups in total. The Kier molecular flexibility index (Phi) is 6.10. The van der Waals surface area contributed by atoms with Crippen molar-refractivity contribution in [3.63, 3.8) is 0 Å². The van der Waals surface area contributed by atoms with E-state index in [2.05, 4.69) is 10.6 Å². The van der Waals surface area contributed by atoms with Crippen molar-refractivity contribution < 1.29 is 9.53 Å². The van der Waals surface area contributed by atoms with Crippen molar-refractivity contribution in [3.8, 4) is 5.75 Å². The maximum Gasteiger partial charge on any atom is 0.216 e. The molecule has 0 saturated carbocycles. The normalized spacial score (nSPS) is 10.0. The molecule has 4 heteroatoms. The molecule has 0 spiro atoms. The van der Waals surface area contributed by atoms with Crippen LogP contribution in [0.5, 0.6) is 5.75 Å². The molecule has 0 aliphatic rings. The van der Waals surface area contributed by atoms with Gasteiger partial charge in [0.15, 0.2) is 0 Å². The fraction of sp³-hybridized carbons (Fsp3) is 0.462. The van der Waals surface area contributed by atoms with Crippen molar-refractivity contribution in [3.05, 3.63) is 29.8 Å². The largest absolute Gasteiger partial charge is 0.497 e. The second kappa shape index (κ2) is 7.68. The maximum absolute atomic E-state index is 10.6. The third-order valence-corrected chi connectivity index (χ3v) is 2.39. The van der Waals surface area contributed by atoms with Gasteiger partial charge in [-0.15, -0.1) is 0 Å². The first-order valence-electron chi connectivity index (χ1n) is 5.80. The average molecular weight is 236 g/mol. The van der Waals surface area contributed by atoms with Crippen LogP contribution < -0.4 is 15.4 Å². The number of ether oxygens (including phenoxy) is 1. The van der Waals surface area contributed by atoms with Gasteiger partial charge in [0, 0.05) is 20.0 Å². The standard InChI is InChI=1S/C13H20N2O2/c1-11(16)15-9-3-8-14-10-12-4-6-13(17-2)7-5-12/h4-7,14H,3,8-10H2,1-2H3,(H,15,16). The van der Waals surface area contributed by atoms with Gasteiger partial charge in [0.1, 0.15) is 5.75 Å². The van der Waals surface area contributed by atoms with Crippen LogP contribution >= 0.6 is 0 Å². The van der Waals surface area contributed by atoms with Gasteiger partial charge in [-0.05, 0) is 30.7 Å². The lowest BCUT2D eigenvalue weighted by atomic mass is 10.2. The van der Waals surface area contributed by atoms with E-state index >= 15 is 0 Å². The minimum absolute atomic E-state index is 0.0279. The number of benzene rings is 1. The van der Waals surface area contributed by atoms with Crippen molar-refractivity contribution in [2.45, 2.75) is 19.9 Å². The molecule has 1 aromatic rings. The highest BCUT2D eigenvalue weighted by atomic mass is 16.5. The van der Waals surface area contributed by atoms with E-state index in [-0.39, 0.29) is 5.91 Å². The fourth-order valence-corrected chi connectivity index (χ4v) is 1.45. The van der Waals surface area contributed by atoms with Crippen LogP contribution in [0.1, 0.15) is 18.9 Å². The Morgan fingerprint density at radius 3 is 2.53 bits per heavy atom. The third-order valence-electron chi connectivity index (χ3n) is 2.39. The van der Waals surface area contributed by atoms with Crippen molar-refractivity contribution >= 4 is 5.91 Å². The predicted octanol–water partition coefficient (Wildman–Crippen LogP) is 1.31. The number of methoxy groups -OCH3 is 1. The highest BCUT2D eigenvalue weighted by Gasteiger charge is 1.94. The highest BCUT2D eigenvalue weighted by Crippen LogP contribution is 2.10. The van der Waals surface area contributed by atoms with Crippen LogP contribution in [-0.2, 0) is 11.3 Å². The van der Waals surface area contributed by atoms with E-state index in [1.807, 2.05) is 24.3 Å². The monoisotopic (exact) mass is 236 g/mol. The zero-order valence-electron chi connectivity index (χ0n) is 10.5. The van der Waals surface area contributed by atoms with E-state index in [1.165, 1.54) is 12.5 Å². The molecule has 0 atom stereocenters. The molecule has 17 heavy (non-hydrogen) atoms. The van der Waals surface area contributed by atoms with Crippen molar-refractivity contribution in [2.24, 2.45) is 0 Å². The Morgan fingerprint density at radius 1 is 1.24 bits per heavy atom. The molecule has 0 unspecified atom stereocenters. The minimum atomic E-state index is 0.0279. The number of hydrogen-bond acceptors (Lipinski definition) is 3. The Balaban J connectivity index is 2.11. The molecule has 1 aromatic carbocycles. The first-order valence-corrected chi connectivity index (χ1v) is 5.80. The predicted molar refractivity (Wildman–Crippen MR) is 68.0 cm³/mol. The Hall–Kier alpha value is -1.55. The van der Waals surface area contributed by atoms with E-state index in [0.717, 1.165) is 31.8 Å². The smallest absolute Gasteiger partial charge is 0.216 e. The molecule has 0 aliphatic carbocycles. The molecule has 1 amide bonds. The summed E-state index contributed by atoms with van der Waals surface area (Å²) in [5, 5.41) is 6.08. The van der Waals surface area contributed by atoms with Gasteiger partial charge in [0.2, 0.25) is 5.91 Å². The lowest BCUT2D eigenvalue weighted by molar-refractivity contribution is -0.118. The van der Waals surface area contributed by atoms with E-state index < -0.39 is 0 Å². The van der Waals surface area contributed by atoms with Crippen LogP contribution in [0, 0.1) is 0 Å². The summed E-state index contributed by atoms with van der Waals surface area (Å²) >= 11 is 0. The van der Waals surface area contributed by atoms with Crippen LogP contribution in [0.2, 0.25) is 0 Å². The van der Waals surface area contributed by atoms with Gasteiger partial charge in [-0.25, -0.2) is 0 Å². The van der Waals surface area contributed by atoms with Gasteiger partial charge < -0.3 is 15.4 Å². The molecular formula is C13H20N2O2. The lowest BCUT2D eigenvalue weighted by Crippen LogP contribution is -2.24. The molecule has 94 valence electrons. The molecule has 0 heterocycles. The van der Waals surface area contributed by atoms with E-state index in [4.69, 9.17) is 4.74 Å². The van der Waals surface area contributed by atoms with Crippen molar-refractivity contribution in [1.82, 2.24) is 10.6 Å². The van der Waals surface area contributed by atoms with E-state index in [9.17, 15) is 4.79 Å². The zero-order valence-corrected chi connectivity index (χ0v) is 10.5. The first-order chi connectivity index (χ1) is 8.22. The minimum Gasteiger partial charge on any atom is -0.497 e. The van der Waals surface area contributed by atoms with Crippen LogP contribution in [0.25, 0.3) is 0 Å². The van der Waals surface area contributed by atoms with E-state index in [1.54, 1.807) is 7.11 Å². The number of nitrogens with one attached hydrogen (secondary N) is 2. The number of carbonyl (C=O) groups excluding carboxylic acids is 1. The molecule has 4 nitrogen and oxygen atoms in total. The SMILES string of the molecule is COc1ccc(CNCCCNC(C)=O)cc1.